The lowest BCUT2D eigenvalue weighted by Crippen LogP contribution is -2.31. The molecule has 29 heavy (non-hydrogen) atoms. The molecule has 2 N–H and O–H groups in total. The molecule has 3 rings (SSSR count). The van der Waals surface area contributed by atoms with Gasteiger partial charge in [-0.25, -0.2) is 13.5 Å². The number of carbonyl (C=O) groups is 1. The van der Waals surface area contributed by atoms with Crippen LogP contribution >= 0.6 is 0 Å². The molecule has 2 heterocycles. The van der Waals surface area contributed by atoms with E-state index >= 15 is 0 Å². The van der Waals surface area contributed by atoms with Crippen molar-refractivity contribution >= 4 is 27.3 Å². The maximum Gasteiger partial charge on any atom is 0.276 e. The molecule has 1 aliphatic rings. The molecule has 10 heteroatoms. The lowest BCUT2D eigenvalue weighted by molar-refractivity contribution is 0.102. The number of nitrogens with zero attached hydrogens (tertiary/aromatic N) is 3. The predicted octanol–water partition coefficient (Wildman–Crippen LogP) is 1.65. The second kappa shape index (κ2) is 8.75. The van der Waals surface area contributed by atoms with Gasteiger partial charge < -0.3 is 10.2 Å². The summed E-state index contributed by atoms with van der Waals surface area (Å²) >= 11 is 0. The molecule has 1 aliphatic heterocycles. The lowest BCUT2D eigenvalue weighted by atomic mass is 10.2. The van der Waals surface area contributed by atoms with Crippen molar-refractivity contribution in [3.8, 4) is 0 Å². The van der Waals surface area contributed by atoms with Crippen LogP contribution in [-0.2, 0) is 10.0 Å². The molecule has 0 spiro atoms. The number of aromatic amines is 1. The number of aromatic nitrogens is 2. The smallest absolute Gasteiger partial charge is 0.276 e. The van der Waals surface area contributed by atoms with Gasteiger partial charge in [-0.05, 0) is 37.1 Å². The van der Waals surface area contributed by atoms with Crippen LogP contribution in [0.4, 0.5) is 11.4 Å². The Morgan fingerprint density at radius 1 is 1.17 bits per heavy atom. The summed E-state index contributed by atoms with van der Waals surface area (Å²) in [5.74, 6) is -0.529. The summed E-state index contributed by atoms with van der Waals surface area (Å²) in [6, 6.07) is 7.34. The Morgan fingerprint density at radius 3 is 2.45 bits per heavy atom. The first-order chi connectivity index (χ1) is 13.9. The lowest BCUT2D eigenvalue weighted by Gasteiger charge is -2.24. The monoisotopic (exact) mass is 419 g/mol. The molecule has 0 atom stereocenters. The van der Waals surface area contributed by atoms with Gasteiger partial charge in [0.25, 0.3) is 11.5 Å². The number of hydrogen-bond acceptors (Lipinski definition) is 6. The molecule has 0 saturated carbocycles. The van der Waals surface area contributed by atoms with Gasteiger partial charge in [0.15, 0.2) is 0 Å². The van der Waals surface area contributed by atoms with Crippen molar-refractivity contribution in [3.63, 3.8) is 0 Å². The summed E-state index contributed by atoms with van der Waals surface area (Å²) in [6.45, 7) is 5.95. The van der Waals surface area contributed by atoms with Crippen molar-refractivity contribution in [2.75, 3.05) is 36.4 Å². The fourth-order valence-corrected chi connectivity index (χ4v) is 4.86. The third kappa shape index (κ3) is 4.48. The minimum atomic E-state index is -3.67. The van der Waals surface area contributed by atoms with Crippen molar-refractivity contribution < 1.29 is 13.2 Å². The summed E-state index contributed by atoms with van der Waals surface area (Å²) in [5.41, 5.74) is 0.789. The van der Waals surface area contributed by atoms with Crippen molar-refractivity contribution in [2.45, 2.75) is 31.6 Å². The third-order valence-electron chi connectivity index (χ3n) is 4.92. The first kappa shape index (κ1) is 21.0. The molecule has 1 saturated heterocycles. The zero-order chi connectivity index (χ0) is 21.0. The molecule has 2 aromatic rings. The molecule has 1 amide bonds. The number of anilines is 2. The van der Waals surface area contributed by atoms with Gasteiger partial charge in [0.05, 0.1) is 16.3 Å². The van der Waals surface area contributed by atoms with Gasteiger partial charge in [0.2, 0.25) is 10.0 Å². The van der Waals surface area contributed by atoms with Crippen molar-refractivity contribution in [1.29, 1.82) is 0 Å². The largest absolute Gasteiger partial charge is 0.370 e. The Morgan fingerprint density at radius 2 is 1.86 bits per heavy atom. The van der Waals surface area contributed by atoms with Gasteiger partial charge in [0.1, 0.15) is 5.69 Å². The molecule has 0 unspecified atom stereocenters. The molecular weight excluding hydrogens is 394 g/mol. The molecular formula is C19H25N5O4S. The summed E-state index contributed by atoms with van der Waals surface area (Å²) in [5, 5.41) is 8.72. The Bertz CT molecular complexity index is 1020. The minimum absolute atomic E-state index is 0.0361. The number of rotatable bonds is 7. The van der Waals surface area contributed by atoms with Gasteiger partial charge in [0, 0.05) is 32.2 Å². The van der Waals surface area contributed by atoms with E-state index in [1.54, 1.807) is 26.0 Å². The number of amides is 1. The van der Waals surface area contributed by atoms with Crippen molar-refractivity contribution in [2.24, 2.45) is 0 Å². The topological polar surface area (TPSA) is 115 Å². The number of carbonyl (C=O) groups excluding carboxylic acids is 1. The Kier molecular flexibility index (Phi) is 6.33. The van der Waals surface area contributed by atoms with Crippen LogP contribution < -0.4 is 15.8 Å². The zero-order valence-electron chi connectivity index (χ0n) is 16.5. The summed E-state index contributed by atoms with van der Waals surface area (Å²) < 4.78 is 27.2. The average Bonchev–Trinajstić information content (AvgIpc) is 3.23. The van der Waals surface area contributed by atoms with Crippen molar-refractivity contribution in [1.82, 2.24) is 14.5 Å². The summed E-state index contributed by atoms with van der Waals surface area (Å²) in [4.78, 5) is 26.0. The summed E-state index contributed by atoms with van der Waals surface area (Å²) in [7, 11) is -3.67. The van der Waals surface area contributed by atoms with E-state index in [0.29, 0.717) is 18.8 Å². The molecule has 1 aromatic heterocycles. The predicted molar refractivity (Wildman–Crippen MR) is 111 cm³/mol. The Labute approximate surface area is 169 Å². The van der Waals surface area contributed by atoms with E-state index in [4.69, 9.17) is 0 Å². The van der Waals surface area contributed by atoms with Crippen LogP contribution in [0.1, 0.15) is 37.2 Å². The molecule has 0 aliphatic carbocycles. The van der Waals surface area contributed by atoms with E-state index in [9.17, 15) is 18.0 Å². The molecule has 156 valence electrons. The van der Waals surface area contributed by atoms with Crippen LogP contribution in [0, 0.1) is 0 Å². The Balaban J connectivity index is 2.00. The number of H-pyrrole nitrogens is 1. The highest BCUT2D eigenvalue weighted by atomic mass is 32.2. The molecule has 0 radical (unpaired) electrons. The van der Waals surface area contributed by atoms with E-state index in [1.807, 2.05) is 0 Å². The molecule has 1 aromatic carbocycles. The third-order valence-corrected chi connectivity index (χ3v) is 6.96. The number of nitrogens with one attached hydrogen (secondary N) is 2. The number of hydrogen-bond donors (Lipinski definition) is 2. The molecule has 9 nitrogen and oxygen atoms in total. The molecule has 1 fully saturated rings. The van der Waals surface area contributed by atoms with E-state index < -0.39 is 21.5 Å². The van der Waals surface area contributed by atoms with Crippen LogP contribution in [0.15, 0.2) is 40.0 Å². The Hall–Kier alpha value is -2.72. The van der Waals surface area contributed by atoms with Crippen LogP contribution in [0.5, 0.6) is 0 Å². The van der Waals surface area contributed by atoms with Crippen LogP contribution in [0.3, 0.4) is 0 Å². The van der Waals surface area contributed by atoms with Crippen LogP contribution in [0.2, 0.25) is 0 Å². The van der Waals surface area contributed by atoms with Crippen molar-refractivity contribution in [3.05, 3.63) is 46.4 Å². The fourth-order valence-electron chi connectivity index (χ4n) is 3.38. The molecule has 0 bridgehead atoms. The first-order valence-corrected chi connectivity index (χ1v) is 11.1. The quantitative estimate of drug-likeness (QED) is 0.705. The summed E-state index contributed by atoms with van der Waals surface area (Å²) in [6.07, 6.45) is 2.07. The van der Waals surface area contributed by atoms with Gasteiger partial charge >= 0.3 is 0 Å². The van der Waals surface area contributed by atoms with Gasteiger partial charge in [-0.15, -0.1) is 0 Å². The van der Waals surface area contributed by atoms with E-state index in [0.717, 1.165) is 31.6 Å². The highest BCUT2D eigenvalue weighted by Crippen LogP contribution is 2.32. The fraction of sp³-hybridized carbons (Fsp3) is 0.421. The number of benzene rings is 1. The zero-order valence-corrected chi connectivity index (χ0v) is 17.3. The first-order valence-electron chi connectivity index (χ1n) is 9.63. The maximum absolute atomic E-state index is 12.9. The maximum atomic E-state index is 12.9. The van der Waals surface area contributed by atoms with Gasteiger partial charge in [-0.3, -0.25) is 9.59 Å². The minimum Gasteiger partial charge on any atom is -0.370 e. The standard InChI is InChI=1S/C19H25N5O4S/c1-3-24(4-2)29(27,28)14-7-9-17(23-11-5-6-12-23)16(13-14)20-19(26)15-8-10-18(25)22-21-15/h7-10,13H,3-6,11-12H2,1-2H3,(H,20,26)(H,22,25). The van der Waals surface area contributed by atoms with Gasteiger partial charge in [-0.2, -0.15) is 9.40 Å². The number of sulfonamides is 1. The normalized spacial score (nSPS) is 14.4. The van der Waals surface area contributed by atoms with Gasteiger partial charge in [-0.1, -0.05) is 13.8 Å². The second-order valence-electron chi connectivity index (χ2n) is 6.72. The van der Waals surface area contributed by atoms with E-state index in [1.165, 1.54) is 22.5 Å². The van der Waals surface area contributed by atoms with Crippen LogP contribution in [-0.4, -0.2) is 55.0 Å². The average molecular weight is 420 g/mol. The highest BCUT2D eigenvalue weighted by Gasteiger charge is 2.25. The van der Waals surface area contributed by atoms with Crippen LogP contribution in [0.25, 0.3) is 0 Å². The van der Waals surface area contributed by atoms with E-state index in [-0.39, 0.29) is 10.6 Å². The SMILES string of the molecule is CCN(CC)S(=O)(=O)c1ccc(N2CCCC2)c(NC(=O)c2ccc(=O)[nH]n2)c1. The van der Waals surface area contributed by atoms with E-state index in [2.05, 4.69) is 20.4 Å². The second-order valence-corrected chi connectivity index (χ2v) is 8.66. The highest BCUT2D eigenvalue weighted by molar-refractivity contribution is 7.89.